The van der Waals surface area contributed by atoms with Gasteiger partial charge in [0.1, 0.15) is 5.69 Å². The molecule has 1 N–H and O–H groups in total. The minimum absolute atomic E-state index is 0.000129. The number of halogens is 2. The third-order valence-corrected chi connectivity index (χ3v) is 4.49. The van der Waals surface area contributed by atoms with Crippen LogP contribution in [-0.2, 0) is 6.42 Å². The van der Waals surface area contributed by atoms with E-state index in [1.54, 1.807) is 23.5 Å². The minimum atomic E-state index is -0.435. The summed E-state index contributed by atoms with van der Waals surface area (Å²) in [7, 11) is 0. The van der Waals surface area contributed by atoms with E-state index in [-0.39, 0.29) is 5.69 Å². The lowest BCUT2D eigenvalue weighted by atomic mass is 10.2. The van der Waals surface area contributed by atoms with Crippen LogP contribution in [0.25, 0.3) is 0 Å². The van der Waals surface area contributed by atoms with Crippen LogP contribution in [0.5, 0.6) is 0 Å². The quantitative estimate of drug-likeness (QED) is 0.619. The van der Waals surface area contributed by atoms with Crippen LogP contribution >= 0.6 is 38.9 Å². The Bertz CT molecular complexity index is 603. The van der Waals surface area contributed by atoms with Crippen LogP contribution in [0.1, 0.15) is 4.88 Å². The van der Waals surface area contributed by atoms with Crippen LogP contribution in [-0.4, -0.2) is 11.5 Å². The Morgan fingerprint density at radius 2 is 2.16 bits per heavy atom. The number of hydrogen-bond acceptors (Lipinski definition) is 4. The number of thiophene rings is 1. The maximum absolute atomic E-state index is 10.9. The van der Waals surface area contributed by atoms with Crippen molar-refractivity contribution in [2.75, 3.05) is 11.9 Å². The molecule has 0 bridgehead atoms. The average Bonchev–Trinajstić information content (AvgIpc) is 2.77. The van der Waals surface area contributed by atoms with E-state index >= 15 is 0 Å². The molecular weight excluding hydrogens is 352 g/mol. The Balaban J connectivity index is 2.05. The highest BCUT2D eigenvalue weighted by Crippen LogP contribution is 2.32. The molecule has 1 aromatic heterocycles. The fraction of sp³-hybridized carbons (Fsp3) is 0.167. The third kappa shape index (κ3) is 3.68. The van der Waals surface area contributed by atoms with Crippen LogP contribution < -0.4 is 5.32 Å². The Morgan fingerprint density at radius 3 is 2.79 bits per heavy atom. The largest absolute Gasteiger partial charge is 0.378 e. The molecule has 0 radical (unpaired) electrons. The molecule has 7 heteroatoms. The van der Waals surface area contributed by atoms with E-state index in [1.807, 2.05) is 12.1 Å². The van der Waals surface area contributed by atoms with Crippen molar-refractivity contribution in [2.45, 2.75) is 6.42 Å². The number of para-hydroxylation sites is 1. The molecule has 0 fully saturated rings. The number of nitrogens with zero attached hydrogens (tertiary/aromatic N) is 1. The third-order valence-electron chi connectivity index (χ3n) is 2.49. The maximum atomic E-state index is 10.9. The first-order valence-electron chi connectivity index (χ1n) is 5.49. The smallest absolute Gasteiger partial charge is 0.293 e. The standard InChI is InChI=1S/C12H10BrClN2O2S/c13-11-5-4-8(19-11)6-7-15-12-9(14)2-1-3-10(12)16(17)18/h1-5,15H,6-7H2. The first-order chi connectivity index (χ1) is 9.08. The number of nitro groups is 1. The lowest BCUT2D eigenvalue weighted by molar-refractivity contribution is -0.383. The summed E-state index contributed by atoms with van der Waals surface area (Å²) < 4.78 is 1.08. The van der Waals surface area contributed by atoms with Crippen molar-refractivity contribution in [3.05, 3.63) is 54.1 Å². The zero-order chi connectivity index (χ0) is 13.8. The molecule has 2 rings (SSSR count). The van der Waals surface area contributed by atoms with Gasteiger partial charge in [-0.3, -0.25) is 10.1 Å². The van der Waals surface area contributed by atoms with Crippen molar-refractivity contribution in [1.29, 1.82) is 0 Å². The van der Waals surface area contributed by atoms with E-state index in [2.05, 4.69) is 21.2 Å². The lowest BCUT2D eigenvalue weighted by Crippen LogP contribution is -2.06. The van der Waals surface area contributed by atoms with Crippen molar-refractivity contribution in [2.24, 2.45) is 0 Å². The predicted octanol–water partition coefficient (Wildman–Crippen LogP) is 4.73. The van der Waals surface area contributed by atoms with Gasteiger partial charge in [0, 0.05) is 17.5 Å². The first kappa shape index (κ1) is 14.3. The van der Waals surface area contributed by atoms with Gasteiger partial charge in [-0.25, -0.2) is 0 Å². The molecule has 0 unspecified atom stereocenters. The lowest BCUT2D eigenvalue weighted by Gasteiger charge is -2.08. The molecule has 0 aliphatic heterocycles. The number of rotatable bonds is 5. The van der Waals surface area contributed by atoms with Crippen molar-refractivity contribution < 1.29 is 4.92 Å². The summed E-state index contributed by atoms with van der Waals surface area (Å²) in [4.78, 5) is 11.7. The second kappa shape index (κ2) is 6.36. The van der Waals surface area contributed by atoms with E-state index < -0.39 is 4.92 Å². The maximum Gasteiger partial charge on any atom is 0.293 e. The summed E-state index contributed by atoms with van der Waals surface area (Å²) in [5.41, 5.74) is 0.379. The van der Waals surface area contributed by atoms with Crippen molar-refractivity contribution >= 4 is 50.2 Å². The van der Waals surface area contributed by atoms with E-state index in [9.17, 15) is 10.1 Å². The molecule has 0 saturated carbocycles. The Hall–Kier alpha value is -1.11. The molecule has 0 amide bonds. The average molecular weight is 362 g/mol. The zero-order valence-corrected chi connectivity index (χ0v) is 12.9. The van der Waals surface area contributed by atoms with Gasteiger partial charge in [0.25, 0.3) is 5.69 Å². The van der Waals surface area contributed by atoms with Crippen molar-refractivity contribution in [1.82, 2.24) is 0 Å². The van der Waals surface area contributed by atoms with Gasteiger partial charge in [-0.2, -0.15) is 0 Å². The summed E-state index contributed by atoms with van der Waals surface area (Å²) in [6.45, 7) is 0.595. The van der Waals surface area contributed by atoms with Crippen LogP contribution in [0, 0.1) is 10.1 Å². The summed E-state index contributed by atoms with van der Waals surface area (Å²) in [6, 6.07) is 8.66. The van der Waals surface area contributed by atoms with Crippen LogP contribution in [0.2, 0.25) is 5.02 Å². The Labute approximate surface area is 127 Å². The molecule has 1 heterocycles. The number of nitro benzene ring substituents is 1. The number of benzene rings is 1. The number of nitrogens with one attached hydrogen (secondary N) is 1. The molecule has 4 nitrogen and oxygen atoms in total. The highest BCUT2D eigenvalue weighted by Gasteiger charge is 2.15. The molecule has 0 aliphatic rings. The molecule has 19 heavy (non-hydrogen) atoms. The molecule has 0 atom stereocenters. The molecule has 1 aromatic carbocycles. The summed E-state index contributed by atoms with van der Waals surface area (Å²) in [5.74, 6) is 0. The highest BCUT2D eigenvalue weighted by molar-refractivity contribution is 9.11. The first-order valence-corrected chi connectivity index (χ1v) is 7.47. The van der Waals surface area contributed by atoms with Crippen molar-refractivity contribution in [3.8, 4) is 0 Å². The zero-order valence-electron chi connectivity index (χ0n) is 9.73. The monoisotopic (exact) mass is 360 g/mol. The second-order valence-corrected chi connectivity index (χ2v) is 6.73. The molecule has 100 valence electrons. The molecule has 0 spiro atoms. The van der Waals surface area contributed by atoms with E-state index in [0.717, 1.165) is 10.2 Å². The van der Waals surface area contributed by atoms with Gasteiger partial charge in [0.15, 0.2) is 0 Å². The highest BCUT2D eigenvalue weighted by atomic mass is 79.9. The number of anilines is 1. The summed E-state index contributed by atoms with van der Waals surface area (Å²) in [6.07, 6.45) is 0.790. The van der Waals surface area contributed by atoms with Crippen LogP contribution in [0.3, 0.4) is 0 Å². The Morgan fingerprint density at radius 1 is 1.37 bits per heavy atom. The summed E-state index contributed by atoms with van der Waals surface area (Å²) in [5, 5.41) is 14.3. The summed E-state index contributed by atoms with van der Waals surface area (Å²) >= 11 is 11.0. The predicted molar refractivity (Wildman–Crippen MR) is 82.3 cm³/mol. The van der Waals surface area contributed by atoms with Gasteiger partial charge in [-0.15, -0.1) is 11.3 Å². The van der Waals surface area contributed by atoms with Gasteiger partial charge in [0.2, 0.25) is 0 Å². The molecular formula is C12H10BrClN2O2S. The van der Waals surface area contributed by atoms with Gasteiger partial charge >= 0.3 is 0 Å². The fourth-order valence-electron chi connectivity index (χ4n) is 1.64. The molecule has 0 saturated heterocycles. The minimum Gasteiger partial charge on any atom is -0.378 e. The second-order valence-electron chi connectivity index (χ2n) is 3.77. The topological polar surface area (TPSA) is 55.2 Å². The normalized spacial score (nSPS) is 10.4. The van der Waals surface area contributed by atoms with E-state index in [1.165, 1.54) is 10.9 Å². The van der Waals surface area contributed by atoms with E-state index in [0.29, 0.717) is 17.3 Å². The van der Waals surface area contributed by atoms with Crippen LogP contribution in [0.4, 0.5) is 11.4 Å². The van der Waals surface area contributed by atoms with E-state index in [4.69, 9.17) is 11.6 Å². The number of hydrogen-bond donors (Lipinski definition) is 1. The van der Waals surface area contributed by atoms with Gasteiger partial charge in [-0.05, 0) is 40.5 Å². The molecule has 0 aliphatic carbocycles. The fourth-order valence-corrected chi connectivity index (χ4v) is 3.36. The Kier molecular flexibility index (Phi) is 4.79. The van der Waals surface area contributed by atoms with Gasteiger partial charge in [-0.1, -0.05) is 17.7 Å². The van der Waals surface area contributed by atoms with Crippen molar-refractivity contribution in [3.63, 3.8) is 0 Å². The van der Waals surface area contributed by atoms with Crippen LogP contribution in [0.15, 0.2) is 34.1 Å². The molecule has 2 aromatic rings. The van der Waals surface area contributed by atoms with Gasteiger partial charge < -0.3 is 5.32 Å². The van der Waals surface area contributed by atoms with Gasteiger partial charge in [0.05, 0.1) is 13.7 Å². The SMILES string of the molecule is O=[N+]([O-])c1cccc(Cl)c1NCCc1ccc(Br)s1.